The van der Waals surface area contributed by atoms with Crippen molar-refractivity contribution in [2.24, 2.45) is 5.84 Å². The van der Waals surface area contributed by atoms with Crippen LogP contribution in [0.2, 0.25) is 0 Å². The van der Waals surface area contributed by atoms with Crippen molar-refractivity contribution in [1.82, 2.24) is 14.6 Å². The first-order valence-electron chi connectivity index (χ1n) is 7.18. The number of fused-ring (bicyclic) bond motifs is 1. The topological polar surface area (TPSA) is 114 Å². The van der Waals surface area contributed by atoms with Gasteiger partial charge >= 0.3 is 0 Å². The van der Waals surface area contributed by atoms with Crippen molar-refractivity contribution in [2.75, 3.05) is 19.4 Å². The molecule has 1 aromatic carbocycles. The standard InChI is InChI=1S/C8H11N5O3S/c1-13(2)17(14,15)6-4-3-5(10-9)7-8(6)12-16-11-7/h3-4,10H,9H2,1-2H3/i1D3,2D3. The Morgan fingerprint density at radius 3 is 2.76 bits per heavy atom. The number of nitrogens with zero attached hydrogens (tertiary/aromatic N) is 3. The number of hydrogen-bond acceptors (Lipinski definition) is 7. The highest BCUT2D eigenvalue weighted by Crippen LogP contribution is 2.27. The summed E-state index contributed by atoms with van der Waals surface area (Å²) < 4.78 is 72.4. The van der Waals surface area contributed by atoms with Gasteiger partial charge in [-0.05, 0) is 22.4 Å². The van der Waals surface area contributed by atoms with Crippen LogP contribution in [0.5, 0.6) is 0 Å². The quantitative estimate of drug-likeness (QED) is 0.580. The molecule has 0 radical (unpaired) electrons. The van der Waals surface area contributed by atoms with Gasteiger partial charge in [0, 0.05) is 22.2 Å². The van der Waals surface area contributed by atoms with Crippen LogP contribution in [-0.2, 0) is 10.0 Å². The van der Waals surface area contributed by atoms with Gasteiger partial charge in [0.15, 0.2) is 11.0 Å². The van der Waals surface area contributed by atoms with E-state index in [2.05, 4.69) is 20.4 Å². The fraction of sp³-hybridized carbons (Fsp3) is 0.250. The molecule has 0 saturated carbocycles. The predicted octanol–water partition coefficient (Wildman–Crippen LogP) is -0.241. The van der Waals surface area contributed by atoms with E-state index >= 15 is 0 Å². The number of nitrogens with one attached hydrogen (secondary N) is 1. The molecule has 0 saturated heterocycles. The van der Waals surface area contributed by atoms with E-state index in [4.69, 9.17) is 14.1 Å². The van der Waals surface area contributed by atoms with Gasteiger partial charge in [0.05, 0.1) is 5.69 Å². The summed E-state index contributed by atoms with van der Waals surface area (Å²) in [4.78, 5) is -0.681. The molecule has 0 atom stereocenters. The van der Waals surface area contributed by atoms with Crippen LogP contribution in [0.25, 0.3) is 11.0 Å². The lowest BCUT2D eigenvalue weighted by atomic mass is 10.3. The number of aromatic nitrogens is 2. The number of nitrogens with two attached hydrogens (primary N) is 1. The first-order valence-corrected chi connectivity index (χ1v) is 5.62. The van der Waals surface area contributed by atoms with E-state index in [1.54, 1.807) is 0 Å². The molecule has 0 aliphatic rings. The maximum absolute atomic E-state index is 12.6. The molecule has 2 rings (SSSR count). The third-order valence-electron chi connectivity index (χ3n) is 2.05. The van der Waals surface area contributed by atoms with E-state index in [9.17, 15) is 8.42 Å². The van der Waals surface area contributed by atoms with E-state index in [0.717, 1.165) is 6.07 Å². The third kappa shape index (κ3) is 1.73. The second-order valence-electron chi connectivity index (χ2n) is 2.99. The molecule has 0 fully saturated rings. The maximum atomic E-state index is 12.6. The number of anilines is 1. The van der Waals surface area contributed by atoms with Crippen LogP contribution in [0.3, 0.4) is 0 Å². The summed E-state index contributed by atoms with van der Waals surface area (Å²) in [5.41, 5.74) is 1.95. The molecule has 0 amide bonds. The monoisotopic (exact) mass is 263 g/mol. The maximum Gasteiger partial charge on any atom is 0.244 e. The molecule has 92 valence electrons. The summed E-state index contributed by atoms with van der Waals surface area (Å²) in [6, 6.07) is 2.14. The molecular formula is C8H11N5O3S. The molecule has 3 N–H and O–H groups in total. The van der Waals surface area contributed by atoms with Gasteiger partial charge in [-0.1, -0.05) is 0 Å². The van der Waals surface area contributed by atoms with E-state index in [-0.39, 0.29) is 16.7 Å². The van der Waals surface area contributed by atoms with Crippen LogP contribution in [0.4, 0.5) is 5.69 Å². The number of sulfonamides is 1. The summed E-state index contributed by atoms with van der Waals surface area (Å²) in [5.74, 6) is 5.23. The highest BCUT2D eigenvalue weighted by atomic mass is 32.2. The van der Waals surface area contributed by atoms with E-state index < -0.39 is 33.2 Å². The van der Waals surface area contributed by atoms with Crippen LogP contribution >= 0.6 is 0 Å². The first-order chi connectivity index (χ1) is 10.4. The number of hydrogen-bond donors (Lipinski definition) is 2. The zero-order valence-electron chi connectivity index (χ0n) is 14.2. The van der Waals surface area contributed by atoms with Gasteiger partial charge in [0.1, 0.15) is 4.90 Å². The lowest BCUT2D eigenvalue weighted by molar-refractivity contribution is 0.315. The van der Waals surface area contributed by atoms with Gasteiger partial charge in [-0.2, -0.15) is 0 Å². The van der Waals surface area contributed by atoms with Gasteiger partial charge in [-0.25, -0.2) is 17.4 Å². The molecule has 2 aromatic rings. The predicted molar refractivity (Wildman–Crippen MR) is 60.5 cm³/mol. The summed E-state index contributed by atoms with van der Waals surface area (Å²) in [6.45, 7) is -6.86. The summed E-state index contributed by atoms with van der Waals surface area (Å²) in [6.07, 6.45) is 0. The van der Waals surface area contributed by atoms with Crippen molar-refractivity contribution < 1.29 is 21.3 Å². The Bertz CT molecular complexity index is 815. The summed E-state index contributed by atoms with van der Waals surface area (Å²) in [7, 11) is -4.96. The smallest absolute Gasteiger partial charge is 0.244 e. The lowest BCUT2D eigenvalue weighted by Gasteiger charge is -2.11. The van der Waals surface area contributed by atoms with Gasteiger partial charge in [0.25, 0.3) is 0 Å². The van der Waals surface area contributed by atoms with Crippen molar-refractivity contribution in [2.45, 2.75) is 4.90 Å². The molecule has 1 heterocycles. The highest BCUT2D eigenvalue weighted by Gasteiger charge is 2.24. The Morgan fingerprint density at radius 2 is 2.12 bits per heavy atom. The fourth-order valence-corrected chi connectivity index (χ4v) is 2.08. The minimum atomic E-state index is -4.96. The van der Waals surface area contributed by atoms with Gasteiger partial charge in [-0.3, -0.25) is 5.84 Å². The first kappa shape index (κ1) is 6.28. The van der Waals surface area contributed by atoms with Crippen LogP contribution in [0.15, 0.2) is 21.7 Å². The van der Waals surface area contributed by atoms with Crippen molar-refractivity contribution >= 4 is 26.7 Å². The second-order valence-corrected chi connectivity index (χ2v) is 4.74. The molecule has 0 aliphatic carbocycles. The Morgan fingerprint density at radius 1 is 1.41 bits per heavy atom. The molecule has 9 heteroatoms. The summed E-state index contributed by atoms with van der Waals surface area (Å²) >= 11 is 0. The highest BCUT2D eigenvalue weighted by molar-refractivity contribution is 7.89. The Kier molecular flexibility index (Phi) is 1.46. The molecule has 0 spiro atoms. The Balaban J connectivity index is 2.76. The largest absolute Gasteiger partial charge is 0.322 e. The van der Waals surface area contributed by atoms with Gasteiger partial charge < -0.3 is 5.43 Å². The van der Waals surface area contributed by atoms with Gasteiger partial charge in [0.2, 0.25) is 10.0 Å². The number of benzene rings is 1. The third-order valence-corrected chi connectivity index (χ3v) is 3.42. The SMILES string of the molecule is [2H]C([2H])([2H])N(C([2H])([2H])[2H])S(=O)(=O)c1ccc(NN)c2nonc12. The van der Waals surface area contributed by atoms with Gasteiger partial charge in [-0.15, -0.1) is 0 Å². The number of nitrogen functional groups attached to an aromatic ring is 1. The number of rotatable bonds is 3. The average molecular weight is 263 g/mol. The van der Waals surface area contributed by atoms with Crippen molar-refractivity contribution in [3.63, 3.8) is 0 Å². The second kappa shape index (κ2) is 3.95. The minimum Gasteiger partial charge on any atom is -0.322 e. The van der Waals surface area contributed by atoms with E-state index in [1.165, 1.54) is 6.07 Å². The van der Waals surface area contributed by atoms with Crippen LogP contribution in [0.1, 0.15) is 8.22 Å². The fourth-order valence-electron chi connectivity index (χ4n) is 1.27. The van der Waals surface area contributed by atoms with Crippen molar-refractivity contribution in [3.8, 4) is 0 Å². The average Bonchev–Trinajstić information content (AvgIpc) is 2.81. The molecule has 0 unspecified atom stereocenters. The molecule has 17 heavy (non-hydrogen) atoms. The molecular weight excluding hydrogens is 246 g/mol. The van der Waals surface area contributed by atoms with E-state index in [0.29, 0.717) is 0 Å². The zero-order chi connectivity index (χ0) is 17.6. The Labute approximate surface area is 106 Å². The van der Waals surface area contributed by atoms with Crippen LogP contribution in [-0.4, -0.2) is 37.0 Å². The number of hydrazine groups is 1. The molecule has 0 aliphatic heterocycles. The normalized spacial score (nSPS) is 18.9. The molecule has 8 nitrogen and oxygen atoms in total. The minimum absolute atomic E-state index is 0.0930. The molecule has 0 bridgehead atoms. The molecule has 1 aromatic heterocycles. The zero-order valence-corrected chi connectivity index (χ0v) is 9.02. The van der Waals surface area contributed by atoms with E-state index in [1.807, 2.05) is 0 Å². The van der Waals surface area contributed by atoms with Crippen LogP contribution in [0, 0.1) is 0 Å². The Hall–Kier alpha value is -1.71. The summed E-state index contributed by atoms with van der Waals surface area (Å²) in [5, 5.41) is 6.84. The lowest BCUT2D eigenvalue weighted by Crippen LogP contribution is -2.22. The van der Waals surface area contributed by atoms with Crippen molar-refractivity contribution in [1.29, 1.82) is 0 Å². The van der Waals surface area contributed by atoms with Crippen LogP contribution < -0.4 is 11.3 Å². The van der Waals surface area contributed by atoms with Crippen molar-refractivity contribution in [3.05, 3.63) is 12.1 Å².